The summed E-state index contributed by atoms with van der Waals surface area (Å²) in [6, 6.07) is 4.28. The van der Waals surface area contributed by atoms with Gasteiger partial charge in [-0.3, -0.25) is 21.7 Å². The molecule has 4 N–H and O–H groups in total. The lowest BCUT2D eigenvalue weighted by Crippen LogP contribution is -2.26. The molecule has 0 spiro atoms. The molecule has 1 heterocycles. The van der Waals surface area contributed by atoms with Crippen molar-refractivity contribution in [3.05, 3.63) is 21.9 Å². The SMILES string of the molecule is CNNCc1ccc(CNNC)s1. The third-order valence-corrected chi connectivity index (χ3v) is 2.68. The Hall–Kier alpha value is -0.460. The summed E-state index contributed by atoms with van der Waals surface area (Å²) in [5.74, 6) is 0. The Morgan fingerprint density at radius 1 is 1.00 bits per heavy atom. The van der Waals surface area contributed by atoms with Crippen LogP contribution in [0.2, 0.25) is 0 Å². The van der Waals surface area contributed by atoms with Gasteiger partial charge >= 0.3 is 0 Å². The van der Waals surface area contributed by atoms with Crippen molar-refractivity contribution in [1.29, 1.82) is 0 Å². The zero-order chi connectivity index (χ0) is 9.52. The van der Waals surface area contributed by atoms with Crippen LogP contribution >= 0.6 is 11.3 Å². The minimum Gasteiger partial charge on any atom is -0.261 e. The van der Waals surface area contributed by atoms with E-state index >= 15 is 0 Å². The van der Waals surface area contributed by atoms with Gasteiger partial charge in [-0.25, -0.2) is 0 Å². The van der Waals surface area contributed by atoms with E-state index in [1.807, 2.05) is 25.4 Å². The van der Waals surface area contributed by atoms with E-state index in [1.165, 1.54) is 9.75 Å². The van der Waals surface area contributed by atoms with Crippen molar-refractivity contribution in [2.75, 3.05) is 14.1 Å². The maximum absolute atomic E-state index is 3.06. The van der Waals surface area contributed by atoms with Crippen LogP contribution in [0.5, 0.6) is 0 Å². The number of nitrogens with one attached hydrogen (secondary N) is 4. The van der Waals surface area contributed by atoms with E-state index in [9.17, 15) is 0 Å². The van der Waals surface area contributed by atoms with Crippen molar-refractivity contribution in [3.63, 3.8) is 0 Å². The van der Waals surface area contributed by atoms with Crippen LogP contribution in [-0.4, -0.2) is 14.1 Å². The molecule has 74 valence electrons. The van der Waals surface area contributed by atoms with Crippen LogP contribution in [0.3, 0.4) is 0 Å². The molecular formula is C8H16N4S. The van der Waals surface area contributed by atoms with Gasteiger partial charge < -0.3 is 0 Å². The molecule has 0 unspecified atom stereocenters. The van der Waals surface area contributed by atoms with Crippen molar-refractivity contribution in [3.8, 4) is 0 Å². The van der Waals surface area contributed by atoms with Gasteiger partial charge in [0.1, 0.15) is 0 Å². The molecule has 5 heteroatoms. The number of rotatable bonds is 6. The number of hydrogen-bond donors (Lipinski definition) is 4. The van der Waals surface area contributed by atoms with E-state index in [2.05, 4.69) is 33.8 Å². The Bertz CT molecular complexity index is 213. The summed E-state index contributed by atoms with van der Waals surface area (Å²) in [4.78, 5) is 2.67. The third kappa shape index (κ3) is 3.84. The molecule has 0 atom stereocenters. The molecular weight excluding hydrogens is 184 g/mol. The topological polar surface area (TPSA) is 48.1 Å². The smallest absolute Gasteiger partial charge is 0.0445 e. The minimum absolute atomic E-state index is 0.876. The van der Waals surface area contributed by atoms with Crippen molar-refractivity contribution in [2.45, 2.75) is 13.1 Å². The zero-order valence-electron chi connectivity index (χ0n) is 7.98. The molecule has 0 aromatic carbocycles. The first-order valence-corrected chi connectivity index (χ1v) is 5.05. The lowest BCUT2D eigenvalue weighted by atomic mass is 10.4. The van der Waals surface area contributed by atoms with Crippen LogP contribution < -0.4 is 21.7 Å². The van der Waals surface area contributed by atoms with E-state index in [4.69, 9.17) is 0 Å². The summed E-state index contributed by atoms with van der Waals surface area (Å²) in [5, 5.41) is 0. The van der Waals surface area contributed by atoms with E-state index < -0.39 is 0 Å². The fraction of sp³-hybridized carbons (Fsp3) is 0.500. The number of hydrazine groups is 2. The quantitative estimate of drug-likeness (QED) is 0.495. The van der Waals surface area contributed by atoms with Crippen molar-refractivity contribution in [1.82, 2.24) is 21.7 Å². The van der Waals surface area contributed by atoms with E-state index in [0.29, 0.717) is 0 Å². The highest BCUT2D eigenvalue weighted by atomic mass is 32.1. The molecule has 0 radical (unpaired) electrons. The second-order valence-corrected chi connectivity index (χ2v) is 3.83. The molecule has 0 fully saturated rings. The first-order valence-electron chi connectivity index (χ1n) is 4.23. The molecule has 0 aliphatic rings. The molecule has 0 aliphatic carbocycles. The Kier molecular flexibility index (Phi) is 4.95. The molecule has 4 nitrogen and oxygen atoms in total. The highest BCUT2D eigenvalue weighted by molar-refractivity contribution is 7.11. The molecule has 0 bridgehead atoms. The summed E-state index contributed by atoms with van der Waals surface area (Å²) < 4.78 is 0. The van der Waals surface area contributed by atoms with Crippen LogP contribution in [0.25, 0.3) is 0 Å². The molecule has 13 heavy (non-hydrogen) atoms. The maximum Gasteiger partial charge on any atom is 0.0445 e. The summed E-state index contributed by atoms with van der Waals surface area (Å²) in [7, 11) is 3.74. The summed E-state index contributed by atoms with van der Waals surface area (Å²) in [6.07, 6.45) is 0. The van der Waals surface area contributed by atoms with Gasteiger partial charge in [-0.1, -0.05) is 0 Å². The van der Waals surface area contributed by atoms with Gasteiger partial charge in [0.2, 0.25) is 0 Å². The number of hydrogen-bond acceptors (Lipinski definition) is 5. The van der Waals surface area contributed by atoms with Crippen LogP contribution in [0.15, 0.2) is 12.1 Å². The average molecular weight is 200 g/mol. The predicted octanol–water partition coefficient (Wildman–Crippen LogP) is 0.196. The van der Waals surface area contributed by atoms with E-state index in [0.717, 1.165) is 13.1 Å². The van der Waals surface area contributed by atoms with Gasteiger partial charge in [0.05, 0.1) is 0 Å². The molecule has 0 saturated carbocycles. The average Bonchev–Trinajstić information content (AvgIpc) is 2.59. The Morgan fingerprint density at radius 3 is 1.85 bits per heavy atom. The molecule has 0 aliphatic heterocycles. The van der Waals surface area contributed by atoms with Crippen LogP contribution in [0.4, 0.5) is 0 Å². The van der Waals surface area contributed by atoms with Gasteiger partial charge in [0.15, 0.2) is 0 Å². The van der Waals surface area contributed by atoms with E-state index in [1.54, 1.807) is 0 Å². The lowest BCUT2D eigenvalue weighted by Gasteiger charge is -1.99. The standard InChI is InChI=1S/C8H16N4S/c1-9-11-5-7-3-4-8(13-7)6-12-10-2/h3-4,9-12H,5-6H2,1-2H3. The zero-order valence-corrected chi connectivity index (χ0v) is 8.79. The summed E-state index contributed by atoms with van der Waals surface area (Å²) in [5.41, 5.74) is 11.9. The summed E-state index contributed by atoms with van der Waals surface area (Å²) in [6.45, 7) is 1.75. The second-order valence-electron chi connectivity index (χ2n) is 2.58. The Morgan fingerprint density at radius 2 is 1.46 bits per heavy atom. The van der Waals surface area contributed by atoms with Gasteiger partial charge in [-0.15, -0.1) is 11.3 Å². The number of thiophene rings is 1. The Balaban J connectivity index is 2.34. The maximum atomic E-state index is 3.06. The third-order valence-electron chi connectivity index (χ3n) is 1.60. The monoisotopic (exact) mass is 200 g/mol. The first kappa shape index (κ1) is 10.6. The highest BCUT2D eigenvalue weighted by Gasteiger charge is 1.98. The van der Waals surface area contributed by atoms with Crippen LogP contribution in [0, 0.1) is 0 Å². The van der Waals surface area contributed by atoms with Crippen molar-refractivity contribution < 1.29 is 0 Å². The molecule has 1 aromatic heterocycles. The van der Waals surface area contributed by atoms with Gasteiger partial charge in [0, 0.05) is 22.8 Å². The Labute approximate surface area is 82.7 Å². The second kappa shape index (κ2) is 6.06. The van der Waals surface area contributed by atoms with Crippen molar-refractivity contribution >= 4 is 11.3 Å². The molecule has 0 saturated heterocycles. The molecule has 0 amide bonds. The van der Waals surface area contributed by atoms with E-state index in [-0.39, 0.29) is 0 Å². The van der Waals surface area contributed by atoms with Gasteiger partial charge in [-0.2, -0.15) is 0 Å². The minimum atomic E-state index is 0.876. The largest absolute Gasteiger partial charge is 0.261 e. The summed E-state index contributed by atoms with van der Waals surface area (Å²) >= 11 is 1.81. The highest BCUT2D eigenvalue weighted by Crippen LogP contribution is 2.15. The van der Waals surface area contributed by atoms with Crippen LogP contribution in [-0.2, 0) is 13.1 Å². The lowest BCUT2D eigenvalue weighted by molar-refractivity contribution is 0.600. The molecule has 1 rings (SSSR count). The van der Waals surface area contributed by atoms with Crippen LogP contribution in [0.1, 0.15) is 9.75 Å². The van der Waals surface area contributed by atoms with Gasteiger partial charge in [0.25, 0.3) is 0 Å². The molecule has 1 aromatic rings. The fourth-order valence-corrected chi connectivity index (χ4v) is 1.86. The fourth-order valence-electron chi connectivity index (χ4n) is 0.963. The van der Waals surface area contributed by atoms with Gasteiger partial charge in [-0.05, 0) is 26.2 Å². The first-order chi connectivity index (χ1) is 6.36. The predicted molar refractivity (Wildman–Crippen MR) is 56.1 cm³/mol. The normalized spacial score (nSPS) is 10.6. The van der Waals surface area contributed by atoms with Crippen molar-refractivity contribution in [2.24, 2.45) is 0 Å².